The highest BCUT2D eigenvalue weighted by molar-refractivity contribution is 5.81. The molecule has 4 rings (SSSR count). The van der Waals surface area contributed by atoms with Crippen LogP contribution in [0.3, 0.4) is 0 Å². The molecule has 0 bridgehead atoms. The number of carbonyl (C=O) groups excluding carboxylic acids is 1. The number of rotatable bonds is 4. The second kappa shape index (κ2) is 6.00. The fraction of sp³-hybridized carbons (Fsp3) is 0.263. The van der Waals surface area contributed by atoms with Gasteiger partial charge >= 0.3 is 0 Å². The molecule has 0 radical (unpaired) electrons. The molecule has 1 aromatic carbocycles. The van der Waals surface area contributed by atoms with Gasteiger partial charge in [-0.2, -0.15) is 0 Å². The molecule has 5 nitrogen and oxygen atoms in total. The molecule has 1 fully saturated rings. The Kier molecular flexibility index (Phi) is 3.69. The summed E-state index contributed by atoms with van der Waals surface area (Å²) in [5, 5.41) is 0. The summed E-state index contributed by atoms with van der Waals surface area (Å²) in [6.45, 7) is 2.20. The van der Waals surface area contributed by atoms with Gasteiger partial charge < -0.3 is 4.90 Å². The number of benzene rings is 1. The summed E-state index contributed by atoms with van der Waals surface area (Å²) in [6.07, 6.45) is 7.40. The summed E-state index contributed by atoms with van der Waals surface area (Å²) in [6, 6.07) is 10.5. The Balaban J connectivity index is 1.64. The first-order valence-electron chi connectivity index (χ1n) is 8.14. The van der Waals surface area contributed by atoms with Crippen molar-refractivity contribution < 1.29 is 4.79 Å². The Hall–Kier alpha value is -2.82. The van der Waals surface area contributed by atoms with E-state index in [1.165, 1.54) is 0 Å². The van der Waals surface area contributed by atoms with Crippen LogP contribution in [0, 0.1) is 0 Å². The Morgan fingerprint density at radius 2 is 1.75 bits per heavy atom. The lowest BCUT2D eigenvalue weighted by molar-refractivity contribution is -0.130. The fourth-order valence-electron chi connectivity index (χ4n) is 2.95. The summed E-state index contributed by atoms with van der Waals surface area (Å²) < 4.78 is 0. The van der Waals surface area contributed by atoms with Crippen molar-refractivity contribution in [3.63, 3.8) is 0 Å². The van der Waals surface area contributed by atoms with Gasteiger partial charge in [0.05, 0.1) is 23.3 Å². The van der Waals surface area contributed by atoms with Crippen molar-refractivity contribution in [1.29, 1.82) is 0 Å². The van der Waals surface area contributed by atoms with E-state index in [-0.39, 0.29) is 5.91 Å². The number of nitrogens with zero attached hydrogens (tertiary/aromatic N) is 4. The van der Waals surface area contributed by atoms with E-state index >= 15 is 0 Å². The number of amides is 1. The first-order valence-corrected chi connectivity index (χ1v) is 8.14. The topological polar surface area (TPSA) is 59.0 Å². The van der Waals surface area contributed by atoms with Crippen LogP contribution in [0.2, 0.25) is 0 Å². The van der Waals surface area contributed by atoms with Crippen molar-refractivity contribution in [3.05, 3.63) is 54.6 Å². The smallest absolute Gasteiger partial charge is 0.220 e. The molecular weight excluding hydrogens is 300 g/mol. The van der Waals surface area contributed by atoms with E-state index in [4.69, 9.17) is 0 Å². The summed E-state index contributed by atoms with van der Waals surface area (Å²) in [5.74, 6) is 0.116. The lowest BCUT2D eigenvalue weighted by Gasteiger charge is -2.20. The van der Waals surface area contributed by atoms with Crippen LogP contribution >= 0.6 is 0 Å². The van der Waals surface area contributed by atoms with Gasteiger partial charge in [0.2, 0.25) is 5.91 Å². The van der Waals surface area contributed by atoms with Gasteiger partial charge in [0.15, 0.2) is 0 Å². The molecule has 120 valence electrons. The molecule has 5 heteroatoms. The van der Waals surface area contributed by atoms with Gasteiger partial charge in [-0.05, 0) is 48.2 Å². The van der Waals surface area contributed by atoms with E-state index in [1.54, 1.807) is 25.5 Å². The largest absolute Gasteiger partial charge is 0.334 e. The molecule has 24 heavy (non-hydrogen) atoms. The molecule has 2 heterocycles. The van der Waals surface area contributed by atoms with Gasteiger partial charge in [-0.25, -0.2) is 0 Å². The highest BCUT2D eigenvalue weighted by Crippen LogP contribution is 2.29. The van der Waals surface area contributed by atoms with Crippen LogP contribution in [0.1, 0.15) is 25.5 Å². The molecule has 0 saturated heterocycles. The molecule has 1 aliphatic carbocycles. The van der Waals surface area contributed by atoms with Gasteiger partial charge in [-0.1, -0.05) is 6.07 Å². The predicted molar refractivity (Wildman–Crippen MR) is 92.0 cm³/mol. The minimum atomic E-state index is 0.116. The summed E-state index contributed by atoms with van der Waals surface area (Å²) in [7, 11) is 0. The van der Waals surface area contributed by atoms with E-state index in [9.17, 15) is 4.79 Å². The van der Waals surface area contributed by atoms with E-state index in [2.05, 4.69) is 21.0 Å². The molecule has 2 aromatic heterocycles. The maximum atomic E-state index is 11.8. The van der Waals surface area contributed by atoms with Gasteiger partial charge in [0.25, 0.3) is 0 Å². The average molecular weight is 318 g/mol. The zero-order valence-corrected chi connectivity index (χ0v) is 13.5. The fourth-order valence-corrected chi connectivity index (χ4v) is 2.95. The Bertz CT molecular complexity index is 905. The molecule has 0 aliphatic heterocycles. The second-order valence-electron chi connectivity index (χ2n) is 6.17. The van der Waals surface area contributed by atoms with E-state index in [0.29, 0.717) is 12.6 Å². The Labute approximate surface area is 140 Å². The molecular formula is C19H18N4O. The molecule has 0 spiro atoms. The van der Waals surface area contributed by atoms with Gasteiger partial charge in [0, 0.05) is 31.6 Å². The summed E-state index contributed by atoms with van der Waals surface area (Å²) in [5.41, 5.74) is 4.82. The van der Waals surface area contributed by atoms with Crippen LogP contribution in [0.15, 0.2) is 48.9 Å². The minimum Gasteiger partial charge on any atom is -0.334 e. The van der Waals surface area contributed by atoms with Crippen molar-refractivity contribution in [2.24, 2.45) is 0 Å². The molecule has 1 amide bonds. The van der Waals surface area contributed by atoms with Crippen LogP contribution in [0.5, 0.6) is 0 Å². The van der Waals surface area contributed by atoms with Crippen LogP contribution in [0.4, 0.5) is 0 Å². The second-order valence-corrected chi connectivity index (χ2v) is 6.17. The van der Waals surface area contributed by atoms with Gasteiger partial charge in [0.1, 0.15) is 0 Å². The number of hydrogen-bond donors (Lipinski definition) is 0. The third-order valence-electron chi connectivity index (χ3n) is 4.34. The van der Waals surface area contributed by atoms with Crippen LogP contribution in [0.25, 0.3) is 22.2 Å². The van der Waals surface area contributed by atoms with Crippen LogP contribution in [-0.4, -0.2) is 31.8 Å². The Morgan fingerprint density at radius 1 is 1.00 bits per heavy atom. The first kappa shape index (κ1) is 14.8. The van der Waals surface area contributed by atoms with Gasteiger partial charge in [-0.3, -0.25) is 19.7 Å². The molecule has 0 unspecified atom stereocenters. The molecule has 1 saturated carbocycles. The van der Waals surface area contributed by atoms with Crippen LogP contribution < -0.4 is 0 Å². The lowest BCUT2D eigenvalue weighted by atomic mass is 10.1. The maximum absolute atomic E-state index is 11.8. The third-order valence-corrected chi connectivity index (χ3v) is 4.34. The normalized spacial score (nSPS) is 13.9. The highest BCUT2D eigenvalue weighted by Gasteiger charge is 2.30. The van der Waals surface area contributed by atoms with Crippen LogP contribution in [-0.2, 0) is 11.3 Å². The third kappa shape index (κ3) is 2.97. The molecule has 1 aliphatic rings. The number of aromatic nitrogens is 3. The van der Waals surface area contributed by atoms with Crippen molar-refractivity contribution >= 4 is 16.9 Å². The number of fused-ring (bicyclic) bond motifs is 1. The number of carbonyl (C=O) groups is 1. The minimum absolute atomic E-state index is 0.116. The monoisotopic (exact) mass is 318 g/mol. The van der Waals surface area contributed by atoms with Crippen molar-refractivity contribution in [2.75, 3.05) is 0 Å². The van der Waals surface area contributed by atoms with E-state index in [0.717, 1.165) is 40.7 Å². The summed E-state index contributed by atoms with van der Waals surface area (Å²) in [4.78, 5) is 26.8. The van der Waals surface area contributed by atoms with E-state index in [1.807, 2.05) is 29.2 Å². The van der Waals surface area contributed by atoms with Crippen molar-refractivity contribution in [1.82, 2.24) is 19.9 Å². The molecule has 0 N–H and O–H groups in total. The quantitative estimate of drug-likeness (QED) is 0.741. The lowest BCUT2D eigenvalue weighted by Crippen LogP contribution is -2.30. The average Bonchev–Trinajstić information content (AvgIpc) is 3.44. The standard InChI is InChI=1S/C19H18N4O/c1-13(24)23(17-3-4-17)12-16-10-15(6-7-20-16)14-2-5-18-19(11-14)22-9-8-21-18/h2,5-11,17H,3-4,12H2,1H3. The van der Waals surface area contributed by atoms with Crippen molar-refractivity contribution in [3.8, 4) is 11.1 Å². The number of pyridine rings is 1. The first-order chi connectivity index (χ1) is 11.7. The molecule has 3 aromatic rings. The summed E-state index contributed by atoms with van der Waals surface area (Å²) >= 11 is 0. The van der Waals surface area contributed by atoms with Gasteiger partial charge in [-0.15, -0.1) is 0 Å². The SMILES string of the molecule is CC(=O)N(Cc1cc(-c2ccc3nccnc3c2)ccn1)C1CC1. The number of hydrogen-bond acceptors (Lipinski definition) is 4. The zero-order chi connectivity index (χ0) is 16.5. The van der Waals surface area contributed by atoms with Crippen molar-refractivity contribution in [2.45, 2.75) is 32.4 Å². The highest BCUT2D eigenvalue weighted by atomic mass is 16.2. The molecule has 0 atom stereocenters. The van der Waals surface area contributed by atoms with E-state index < -0.39 is 0 Å². The Morgan fingerprint density at radius 3 is 2.50 bits per heavy atom. The maximum Gasteiger partial charge on any atom is 0.220 e. The predicted octanol–water partition coefficient (Wildman–Crippen LogP) is 3.20. The zero-order valence-electron chi connectivity index (χ0n) is 13.5.